The van der Waals surface area contributed by atoms with E-state index < -0.39 is 6.10 Å². The van der Waals surface area contributed by atoms with Crippen molar-refractivity contribution in [2.45, 2.75) is 43.9 Å². The molecule has 3 N–H and O–H groups in total. The van der Waals surface area contributed by atoms with Crippen LogP contribution in [0, 0.1) is 0 Å². The Bertz CT molecular complexity index is 546. The topological polar surface area (TPSA) is 76.0 Å². The second-order valence-electron chi connectivity index (χ2n) is 7.18. The predicted molar refractivity (Wildman–Crippen MR) is 96.3 cm³/mol. The number of nitrogens with zero attached hydrogens (tertiary/aromatic N) is 2. The van der Waals surface area contributed by atoms with Gasteiger partial charge in [-0.3, -0.25) is 0 Å². The first-order valence-electron chi connectivity index (χ1n) is 9.28. The average Bonchev–Trinajstić information content (AvgIpc) is 3.03. The summed E-state index contributed by atoms with van der Waals surface area (Å²) in [7, 11) is 0. The zero-order valence-corrected chi connectivity index (χ0v) is 14.7. The normalized spacial score (nSPS) is 25.3. The summed E-state index contributed by atoms with van der Waals surface area (Å²) in [5, 5.41) is 22.1. The number of nitrogens with one attached hydrogen (secondary N) is 1. The molecule has 2 atom stereocenters. The number of rotatable bonds is 5. The number of amides is 2. The van der Waals surface area contributed by atoms with Gasteiger partial charge in [0.15, 0.2) is 0 Å². The molecule has 2 amide bonds. The third kappa shape index (κ3) is 4.93. The molecule has 1 aromatic carbocycles. The van der Waals surface area contributed by atoms with Gasteiger partial charge < -0.3 is 25.3 Å². The summed E-state index contributed by atoms with van der Waals surface area (Å²) in [6, 6.07) is 10.3. The van der Waals surface area contributed by atoms with Crippen molar-refractivity contribution in [1.29, 1.82) is 0 Å². The molecule has 6 heteroatoms. The number of aliphatic hydroxyl groups excluding tert-OH is 2. The lowest BCUT2D eigenvalue weighted by molar-refractivity contribution is 0.144. The minimum absolute atomic E-state index is 0.0948. The Labute approximate surface area is 149 Å². The molecule has 138 valence electrons. The van der Waals surface area contributed by atoms with E-state index in [1.54, 1.807) is 4.90 Å². The van der Waals surface area contributed by atoms with Crippen molar-refractivity contribution < 1.29 is 15.0 Å². The number of hydrogen-bond donors (Lipinski definition) is 3. The lowest BCUT2D eigenvalue weighted by atomic mass is 10.0. The van der Waals surface area contributed by atoms with E-state index in [0.29, 0.717) is 13.0 Å². The lowest BCUT2D eigenvalue weighted by Gasteiger charge is -2.34. The zero-order chi connectivity index (χ0) is 17.6. The molecule has 0 bridgehead atoms. The van der Waals surface area contributed by atoms with Crippen LogP contribution in [0.1, 0.15) is 24.8 Å². The number of benzene rings is 1. The highest BCUT2D eigenvalue weighted by Crippen LogP contribution is 2.18. The first kappa shape index (κ1) is 18.2. The molecule has 1 aromatic rings. The van der Waals surface area contributed by atoms with Crippen molar-refractivity contribution in [3.8, 4) is 0 Å². The fourth-order valence-corrected chi connectivity index (χ4v) is 3.80. The number of piperidine rings is 1. The van der Waals surface area contributed by atoms with Crippen molar-refractivity contribution in [2.24, 2.45) is 0 Å². The van der Waals surface area contributed by atoms with E-state index in [1.165, 1.54) is 5.56 Å². The molecule has 6 nitrogen and oxygen atoms in total. The third-order valence-electron chi connectivity index (χ3n) is 5.34. The van der Waals surface area contributed by atoms with E-state index in [2.05, 4.69) is 34.5 Å². The van der Waals surface area contributed by atoms with E-state index in [1.807, 2.05) is 6.07 Å². The number of β-amino-alcohol motifs (C(OH)–C–C–N with tert-alkyl or cyclic N) is 1. The van der Waals surface area contributed by atoms with Crippen molar-refractivity contribution in [2.75, 3.05) is 32.8 Å². The Morgan fingerprint density at radius 2 is 1.92 bits per heavy atom. The summed E-state index contributed by atoms with van der Waals surface area (Å²) < 4.78 is 0. The molecule has 2 aliphatic rings. The summed E-state index contributed by atoms with van der Waals surface area (Å²) in [6.07, 6.45) is 2.88. The van der Waals surface area contributed by atoms with Gasteiger partial charge in [0.2, 0.25) is 0 Å². The Hall–Kier alpha value is -1.63. The van der Waals surface area contributed by atoms with Gasteiger partial charge in [0.25, 0.3) is 0 Å². The first-order valence-corrected chi connectivity index (χ1v) is 9.28. The highest BCUT2D eigenvalue weighted by Gasteiger charge is 2.34. The number of carbonyl (C=O) groups is 1. The summed E-state index contributed by atoms with van der Waals surface area (Å²) in [5.74, 6) is 0. The molecule has 0 saturated carbocycles. The van der Waals surface area contributed by atoms with Gasteiger partial charge in [0, 0.05) is 32.2 Å². The second-order valence-corrected chi connectivity index (χ2v) is 7.18. The molecule has 0 aliphatic carbocycles. The van der Waals surface area contributed by atoms with Gasteiger partial charge >= 0.3 is 6.03 Å². The van der Waals surface area contributed by atoms with Crippen LogP contribution >= 0.6 is 0 Å². The molecule has 0 radical (unpaired) electrons. The van der Waals surface area contributed by atoms with Crippen LogP contribution in [0.3, 0.4) is 0 Å². The van der Waals surface area contributed by atoms with Crippen LogP contribution in [0.25, 0.3) is 0 Å². The Morgan fingerprint density at radius 3 is 2.60 bits per heavy atom. The number of aliphatic hydroxyl groups is 2. The lowest BCUT2D eigenvalue weighted by Crippen LogP contribution is -2.51. The van der Waals surface area contributed by atoms with Crippen molar-refractivity contribution in [1.82, 2.24) is 15.1 Å². The number of likely N-dealkylation sites (tertiary alicyclic amines) is 2. The molecule has 0 unspecified atom stereocenters. The molecule has 3 rings (SSSR count). The Morgan fingerprint density at radius 1 is 1.20 bits per heavy atom. The van der Waals surface area contributed by atoms with Gasteiger partial charge in [-0.1, -0.05) is 30.3 Å². The third-order valence-corrected chi connectivity index (χ3v) is 5.34. The average molecular weight is 347 g/mol. The predicted octanol–water partition coefficient (Wildman–Crippen LogP) is 0.831. The molecule has 2 saturated heterocycles. The zero-order valence-electron chi connectivity index (χ0n) is 14.7. The number of carbonyl (C=O) groups excluding carboxylic acids is 1. The van der Waals surface area contributed by atoms with Gasteiger partial charge in [-0.15, -0.1) is 0 Å². The quantitative estimate of drug-likeness (QED) is 0.737. The molecule has 0 aromatic heterocycles. The summed E-state index contributed by atoms with van der Waals surface area (Å²) in [5.41, 5.74) is 1.36. The Kier molecular flexibility index (Phi) is 6.29. The monoisotopic (exact) mass is 347 g/mol. The fraction of sp³-hybridized carbons (Fsp3) is 0.632. The second kappa shape index (κ2) is 8.65. The highest BCUT2D eigenvalue weighted by atomic mass is 16.3. The van der Waals surface area contributed by atoms with E-state index in [9.17, 15) is 15.0 Å². The minimum Gasteiger partial charge on any atom is -0.394 e. The van der Waals surface area contributed by atoms with Crippen LogP contribution in [-0.4, -0.2) is 77.0 Å². The van der Waals surface area contributed by atoms with Crippen LogP contribution in [0.4, 0.5) is 4.79 Å². The molecule has 2 fully saturated rings. The van der Waals surface area contributed by atoms with Gasteiger partial charge in [0.05, 0.1) is 18.8 Å². The Balaban J connectivity index is 1.39. The van der Waals surface area contributed by atoms with Crippen LogP contribution in [0.15, 0.2) is 30.3 Å². The van der Waals surface area contributed by atoms with Crippen LogP contribution < -0.4 is 5.32 Å². The van der Waals surface area contributed by atoms with E-state index in [-0.39, 0.29) is 24.7 Å². The SMILES string of the molecule is O=C(NC1CCN(CCc2ccccc2)CC1)N1C[C@@H](O)C[C@H]1CO. The molecule has 2 heterocycles. The summed E-state index contributed by atoms with van der Waals surface area (Å²) in [6.45, 7) is 3.25. The van der Waals surface area contributed by atoms with Gasteiger partial charge in [-0.05, 0) is 31.2 Å². The van der Waals surface area contributed by atoms with Crippen LogP contribution in [0.5, 0.6) is 0 Å². The van der Waals surface area contributed by atoms with Crippen molar-refractivity contribution in [3.05, 3.63) is 35.9 Å². The molecule has 0 spiro atoms. The maximum atomic E-state index is 12.4. The molecular weight excluding hydrogens is 318 g/mol. The highest BCUT2D eigenvalue weighted by molar-refractivity contribution is 5.75. The van der Waals surface area contributed by atoms with Crippen molar-refractivity contribution >= 4 is 6.03 Å². The van der Waals surface area contributed by atoms with E-state index >= 15 is 0 Å². The number of urea groups is 1. The molecule has 2 aliphatic heterocycles. The van der Waals surface area contributed by atoms with E-state index in [0.717, 1.165) is 38.9 Å². The maximum Gasteiger partial charge on any atom is 0.318 e. The van der Waals surface area contributed by atoms with Crippen LogP contribution in [0.2, 0.25) is 0 Å². The van der Waals surface area contributed by atoms with Crippen molar-refractivity contribution in [3.63, 3.8) is 0 Å². The standard InChI is InChI=1S/C19H29N3O3/c23-14-17-12-18(24)13-22(17)19(25)20-16-7-10-21(11-8-16)9-6-15-4-2-1-3-5-15/h1-5,16-18,23-24H,6-14H2,(H,20,25)/t17-,18-/m0/s1. The first-order chi connectivity index (χ1) is 12.2. The number of hydrogen-bond acceptors (Lipinski definition) is 4. The minimum atomic E-state index is -0.525. The molecule has 25 heavy (non-hydrogen) atoms. The van der Waals surface area contributed by atoms with Crippen LogP contribution in [-0.2, 0) is 6.42 Å². The van der Waals surface area contributed by atoms with Gasteiger partial charge in [-0.25, -0.2) is 4.79 Å². The van der Waals surface area contributed by atoms with Gasteiger partial charge in [-0.2, -0.15) is 0 Å². The fourth-order valence-electron chi connectivity index (χ4n) is 3.80. The largest absolute Gasteiger partial charge is 0.394 e. The van der Waals surface area contributed by atoms with E-state index in [4.69, 9.17) is 0 Å². The molecular formula is C19H29N3O3. The van der Waals surface area contributed by atoms with Gasteiger partial charge in [0.1, 0.15) is 0 Å². The smallest absolute Gasteiger partial charge is 0.318 e. The summed E-state index contributed by atoms with van der Waals surface area (Å²) >= 11 is 0. The summed E-state index contributed by atoms with van der Waals surface area (Å²) in [4.78, 5) is 16.4. The maximum absolute atomic E-state index is 12.4.